The highest BCUT2D eigenvalue weighted by molar-refractivity contribution is 5.93. The van der Waals surface area contributed by atoms with Gasteiger partial charge in [-0.25, -0.2) is 9.97 Å². The van der Waals surface area contributed by atoms with E-state index in [0.717, 1.165) is 16.5 Å². The molecule has 0 aliphatic rings. The molecule has 90 valence electrons. The van der Waals surface area contributed by atoms with Gasteiger partial charge in [-0.3, -0.25) is 0 Å². The Hall–Kier alpha value is -2.04. The second kappa shape index (κ2) is 4.45. The molecule has 1 heterocycles. The van der Waals surface area contributed by atoms with Crippen molar-refractivity contribution >= 4 is 10.9 Å². The van der Waals surface area contributed by atoms with Crippen LogP contribution in [0.2, 0.25) is 0 Å². The molecule has 0 amide bonds. The van der Waals surface area contributed by atoms with E-state index < -0.39 is 0 Å². The molecule has 1 aromatic heterocycles. The first kappa shape index (κ1) is 11.4. The van der Waals surface area contributed by atoms with Crippen LogP contribution < -0.4 is 14.2 Å². The molecular formula is C12H14N2O3. The zero-order valence-electron chi connectivity index (χ0n) is 10.3. The zero-order chi connectivity index (χ0) is 12.4. The lowest BCUT2D eigenvalue weighted by atomic mass is 10.1. The predicted octanol–water partition coefficient (Wildman–Crippen LogP) is 1.96. The molecule has 17 heavy (non-hydrogen) atoms. The van der Waals surface area contributed by atoms with Gasteiger partial charge in [0.15, 0.2) is 17.2 Å². The number of hydrogen-bond acceptors (Lipinski definition) is 5. The van der Waals surface area contributed by atoms with Crippen LogP contribution in [-0.4, -0.2) is 31.3 Å². The summed E-state index contributed by atoms with van der Waals surface area (Å²) in [7, 11) is 4.80. The molecule has 0 aliphatic carbocycles. The summed E-state index contributed by atoms with van der Waals surface area (Å²) in [5.41, 5.74) is 1.58. The molecular weight excluding hydrogens is 220 g/mol. The fraction of sp³-hybridized carbons (Fsp3) is 0.333. The molecule has 0 bridgehead atoms. The number of aromatic nitrogens is 2. The topological polar surface area (TPSA) is 53.5 Å². The van der Waals surface area contributed by atoms with Crippen molar-refractivity contribution in [3.63, 3.8) is 0 Å². The van der Waals surface area contributed by atoms with Gasteiger partial charge in [0.25, 0.3) is 0 Å². The number of methoxy groups -OCH3 is 3. The molecule has 5 nitrogen and oxygen atoms in total. The second-order valence-corrected chi connectivity index (χ2v) is 3.51. The number of ether oxygens (including phenoxy) is 3. The van der Waals surface area contributed by atoms with E-state index in [2.05, 4.69) is 9.97 Å². The van der Waals surface area contributed by atoms with E-state index in [4.69, 9.17) is 14.2 Å². The molecule has 0 spiro atoms. The van der Waals surface area contributed by atoms with E-state index in [1.165, 1.54) is 6.33 Å². The van der Waals surface area contributed by atoms with E-state index in [-0.39, 0.29) is 0 Å². The monoisotopic (exact) mass is 234 g/mol. The molecule has 0 saturated heterocycles. The van der Waals surface area contributed by atoms with Gasteiger partial charge in [0, 0.05) is 11.8 Å². The minimum Gasteiger partial charge on any atom is -0.494 e. The number of rotatable bonds is 3. The Kier molecular flexibility index (Phi) is 2.99. The maximum atomic E-state index is 5.37. The average Bonchev–Trinajstić information content (AvgIpc) is 2.37. The van der Waals surface area contributed by atoms with Gasteiger partial charge < -0.3 is 14.2 Å². The maximum absolute atomic E-state index is 5.37. The van der Waals surface area contributed by atoms with Crippen LogP contribution in [0.1, 0.15) is 5.56 Å². The lowest BCUT2D eigenvalue weighted by Crippen LogP contribution is -1.99. The van der Waals surface area contributed by atoms with Crippen LogP contribution in [0.3, 0.4) is 0 Å². The quantitative estimate of drug-likeness (QED) is 0.812. The SMILES string of the molecule is COc1c(C)c(OC)c2ncncc2c1OC. The molecule has 0 N–H and O–H groups in total. The van der Waals surface area contributed by atoms with Crippen LogP contribution in [0.5, 0.6) is 17.2 Å². The molecule has 2 rings (SSSR count). The predicted molar refractivity (Wildman–Crippen MR) is 63.9 cm³/mol. The summed E-state index contributed by atoms with van der Waals surface area (Å²) in [6, 6.07) is 0. The third-order valence-electron chi connectivity index (χ3n) is 2.67. The molecule has 0 unspecified atom stereocenters. The summed E-state index contributed by atoms with van der Waals surface area (Å²) >= 11 is 0. The van der Waals surface area contributed by atoms with Gasteiger partial charge in [-0.15, -0.1) is 0 Å². The number of fused-ring (bicyclic) bond motifs is 1. The first-order chi connectivity index (χ1) is 8.24. The Morgan fingerprint density at radius 2 is 1.59 bits per heavy atom. The van der Waals surface area contributed by atoms with Gasteiger partial charge in [-0.05, 0) is 6.92 Å². The smallest absolute Gasteiger partial charge is 0.172 e. The second-order valence-electron chi connectivity index (χ2n) is 3.51. The zero-order valence-corrected chi connectivity index (χ0v) is 10.3. The van der Waals surface area contributed by atoms with Crippen molar-refractivity contribution in [2.45, 2.75) is 6.92 Å². The van der Waals surface area contributed by atoms with Gasteiger partial charge in [0.1, 0.15) is 11.8 Å². The maximum Gasteiger partial charge on any atom is 0.172 e. The Labute approximate surface area is 99.4 Å². The molecule has 2 aromatic rings. The van der Waals surface area contributed by atoms with E-state index >= 15 is 0 Å². The summed E-state index contributed by atoms with van der Waals surface area (Å²) in [6.07, 6.45) is 3.17. The highest BCUT2D eigenvalue weighted by Crippen LogP contribution is 2.43. The van der Waals surface area contributed by atoms with Crippen molar-refractivity contribution < 1.29 is 14.2 Å². The Morgan fingerprint density at radius 3 is 2.18 bits per heavy atom. The Balaban J connectivity index is 2.93. The van der Waals surface area contributed by atoms with E-state index in [1.54, 1.807) is 27.5 Å². The van der Waals surface area contributed by atoms with Crippen LogP contribution in [-0.2, 0) is 0 Å². The van der Waals surface area contributed by atoms with Crippen LogP contribution in [0.4, 0.5) is 0 Å². The Bertz CT molecular complexity index is 555. The largest absolute Gasteiger partial charge is 0.494 e. The van der Waals surface area contributed by atoms with Crippen molar-refractivity contribution in [1.29, 1.82) is 0 Å². The third-order valence-corrected chi connectivity index (χ3v) is 2.67. The van der Waals surface area contributed by atoms with Crippen molar-refractivity contribution in [1.82, 2.24) is 9.97 Å². The van der Waals surface area contributed by atoms with Crippen molar-refractivity contribution in [3.05, 3.63) is 18.1 Å². The summed E-state index contributed by atoms with van der Waals surface area (Å²) in [4.78, 5) is 8.22. The standard InChI is InChI=1S/C12H14N2O3/c1-7-10(15-2)9-8(5-13-6-14-9)12(17-4)11(7)16-3/h5-6H,1-4H3. The van der Waals surface area contributed by atoms with Crippen LogP contribution in [0.15, 0.2) is 12.5 Å². The fourth-order valence-electron chi connectivity index (χ4n) is 1.95. The summed E-state index contributed by atoms with van der Waals surface area (Å²) in [6.45, 7) is 1.90. The normalized spacial score (nSPS) is 10.4. The fourth-order valence-corrected chi connectivity index (χ4v) is 1.95. The van der Waals surface area contributed by atoms with Gasteiger partial charge in [-0.2, -0.15) is 0 Å². The van der Waals surface area contributed by atoms with Crippen molar-refractivity contribution in [3.8, 4) is 17.2 Å². The van der Waals surface area contributed by atoms with E-state index in [0.29, 0.717) is 17.2 Å². The summed E-state index contributed by atoms with van der Waals surface area (Å²) < 4.78 is 16.1. The van der Waals surface area contributed by atoms with Crippen molar-refractivity contribution in [2.75, 3.05) is 21.3 Å². The van der Waals surface area contributed by atoms with E-state index in [9.17, 15) is 0 Å². The number of benzene rings is 1. The number of hydrogen-bond donors (Lipinski definition) is 0. The summed E-state index contributed by atoms with van der Waals surface area (Å²) in [5.74, 6) is 1.95. The molecule has 0 atom stereocenters. The molecule has 0 fully saturated rings. The van der Waals surface area contributed by atoms with Gasteiger partial charge in [0.2, 0.25) is 0 Å². The molecule has 0 aliphatic heterocycles. The van der Waals surface area contributed by atoms with Gasteiger partial charge >= 0.3 is 0 Å². The Morgan fingerprint density at radius 1 is 0.941 bits per heavy atom. The first-order valence-corrected chi connectivity index (χ1v) is 5.12. The lowest BCUT2D eigenvalue weighted by molar-refractivity contribution is 0.350. The summed E-state index contributed by atoms with van der Waals surface area (Å²) in [5, 5.41) is 0.773. The van der Waals surface area contributed by atoms with E-state index in [1.807, 2.05) is 6.92 Å². The molecule has 1 aromatic carbocycles. The van der Waals surface area contributed by atoms with Crippen molar-refractivity contribution in [2.24, 2.45) is 0 Å². The average molecular weight is 234 g/mol. The van der Waals surface area contributed by atoms with Crippen LogP contribution in [0, 0.1) is 6.92 Å². The molecule has 5 heteroatoms. The molecule has 0 radical (unpaired) electrons. The van der Waals surface area contributed by atoms with Crippen LogP contribution in [0.25, 0.3) is 10.9 Å². The minimum absolute atomic E-state index is 0.626. The van der Waals surface area contributed by atoms with Crippen LogP contribution >= 0.6 is 0 Å². The highest BCUT2D eigenvalue weighted by Gasteiger charge is 2.19. The van der Waals surface area contributed by atoms with Gasteiger partial charge in [-0.1, -0.05) is 0 Å². The number of nitrogens with zero attached hydrogens (tertiary/aromatic N) is 2. The van der Waals surface area contributed by atoms with Gasteiger partial charge in [0.05, 0.1) is 26.7 Å². The first-order valence-electron chi connectivity index (χ1n) is 5.12. The highest BCUT2D eigenvalue weighted by atomic mass is 16.5. The lowest BCUT2D eigenvalue weighted by Gasteiger charge is -2.16. The third kappa shape index (κ3) is 1.63. The minimum atomic E-state index is 0.626. The molecule has 0 saturated carbocycles.